The zero-order valence-electron chi connectivity index (χ0n) is 10.3. The highest BCUT2D eigenvalue weighted by atomic mass is 16.7. The Labute approximate surface area is 105 Å². The molecule has 1 aliphatic heterocycles. The quantitative estimate of drug-likeness (QED) is 0.888. The summed E-state index contributed by atoms with van der Waals surface area (Å²) in [5, 5.41) is 11.8. The number of hydrogen-bond acceptors (Lipinski definition) is 4. The fraction of sp³-hybridized carbons (Fsp3) is 0.385. The number of rotatable bonds is 3. The summed E-state index contributed by atoms with van der Waals surface area (Å²) in [6, 6.07) is 7.17. The third-order valence-corrected chi connectivity index (χ3v) is 3.09. The van der Waals surface area contributed by atoms with Gasteiger partial charge in [0.2, 0.25) is 12.7 Å². The summed E-state index contributed by atoms with van der Waals surface area (Å²) in [6.07, 6.45) is 0.458. The van der Waals surface area contributed by atoms with Crippen LogP contribution in [0.15, 0.2) is 18.2 Å². The van der Waals surface area contributed by atoms with Gasteiger partial charge in [-0.05, 0) is 25.5 Å². The molecular weight excluding hydrogens is 232 g/mol. The van der Waals surface area contributed by atoms with Gasteiger partial charge in [-0.3, -0.25) is 4.79 Å². The number of ether oxygens (including phenoxy) is 2. The van der Waals surface area contributed by atoms with Crippen molar-refractivity contribution in [2.24, 2.45) is 5.41 Å². The molecule has 0 aliphatic carbocycles. The van der Waals surface area contributed by atoms with Gasteiger partial charge in [0.15, 0.2) is 11.5 Å². The van der Waals surface area contributed by atoms with E-state index in [0.717, 1.165) is 0 Å². The molecule has 0 aromatic heterocycles. The summed E-state index contributed by atoms with van der Waals surface area (Å²) >= 11 is 0. The van der Waals surface area contributed by atoms with Crippen LogP contribution in [0.4, 0.5) is 5.69 Å². The number of benzene rings is 1. The Balaban J connectivity index is 2.15. The molecule has 1 aromatic carbocycles. The second kappa shape index (κ2) is 4.57. The average Bonchev–Trinajstić information content (AvgIpc) is 2.85. The smallest absolute Gasteiger partial charge is 0.244 e. The number of hydrogen-bond donors (Lipinski definition) is 1. The number of nitrogens with one attached hydrogen (secondary N) is 1. The molecule has 1 aliphatic rings. The Morgan fingerprint density at radius 2 is 2.22 bits per heavy atom. The van der Waals surface area contributed by atoms with Crippen LogP contribution in [0.5, 0.6) is 11.5 Å². The first-order valence-electron chi connectivity index (χ1n) is 5.71. The van der Waals surface area contributed by atoms with E-state index in [0.29, 0.717) is 23.6 Å². The maximum atomic E-state index is 12.0. The lowest BCUT2D eigenvalue weighted by atomic mass is 9.88. The lowest BCUT2D eigenvalue weighted by molar-refractivity contribution is -0.122. The van der Waals surface area contributed by atoms with Crippen molar-refractivity contribution in [1.82, 2.24) is 0 Å². The normalized spacial score (nSPS) is 15.6. The second-order valence-electron chi connectivity index (χ2n) is 4.32. The number of fused-ring (bicyclic) bond motifs is 1. The van der Waals surface area contributed by atoms with Crippen LogP contribution in [0.2, 0.25) is 0 Å². The molecule has 94 valence electrons. The summed E-state index contributed by atoms with van der Waals surface area (Å²) in [7, 11) is 0. The molecule has 0 spiro atoms. The van der Waals surface area contributed by atoms with Crippen LogP contribution in [-0.4, -0.2) is 12.7 Å². The first-order chi connectivity index (χ1) is 8.59. The molecule has 5 heteroatoms. The minimum absolute atomic E-state index is 0.192. The number of amides is 1. The molecule has 18 heavy (non-hydrogen) atoms. The molecule has 5 nitrogen and oxygen atoms in total. The second-order valence-corrected chi connectivity index (χ2v) is 4.32. The molecule has 0 saturated carbocycles. The molecule has 1 aromatic rings. The van der Waals surface area contributed by atoms with E-state index in [9.17, 15) is 4.79 Å². The number of carbonyl (C=O) groups is 1. The van der Waals surface area contributed by atoms with Gasteiger partial charge in [0, 0.05) is 11.8 Å². The lowest BCUT2D eigenvalue weighted by Crippen LogP contribution is -2.31. The Kier molecular flexibility index (Phi) is 3.11. The van der Waals surface area contributed by atoms with Crippen molar-refractivity contribution in [2.75, 3.05) is 12.1 Å². The fourth-order valence-electron chi connectivity index (χ4n) is 1.53. The highest BCUT2D eigenvalue weighted by Crippen LogP contribution is 2.34. The topological polar surface area (TPSA) is 71.4 Å². The molecule has 1 heterocycles. The largest absolute Gasteiger partial charge is 0.454 e. The van der Waals surface area contributed by atoms with Crippen molar-refractivity contribution < 1.29 is 14.3 Å². The fourth-order valence-corrected chi connectivity index (χ4v) is 1.53. The Morgan fingerprint density at radius 1 is 1.50 bits per heavy atom. The van der Waals surface area contributed by atoms with E-state index in [1.54, 1.807) is 25.1 Å². The van der Waals surface area contributed by atoms with E-state index >= 15 is 0 Å². The van der Waals surface area contributed by atoms with E-state index in [-0.39, 0.29) is 12.7 Å². The van der Waals surface area contributed by atoms with E-state index in [2.05, 4.69) is 5.32 Å². The van der Waals surface area contributed by atoms with Crippen LogP contribution in [0.25, 0.3) is 0 Å². The Bertz CT molecular complexity index is 521. The number of nitriles is 1. The summed E-state index contributed by atoms with van der Waals surface area (Å²) in [5.74, 6) is 0.945. The van der Waals surface area contributed by atoms with Gasteiger partial charge in [-0.2, -0.15) is 5.26 Å². The Morgan fingerprint density at radius 3 is 2.89 bits per heavy atom. The van der Waals surface area contributed by atoms with Gasteiger partial charge in [0.05, 0.1) is 6.07 Å². The number of anilines is 1. The third kappa shape index (κ3) is 2.09. The van der Waals surface area contributed by atoms with Crippen molar-refractivity contribution in [3.8, 4) is 17.6 Å². The molecule has 0 radical (unpaired) electrons. The van der Waals surface area contributed by atoms with Crippen LogP contribution >= 0.6 is 0 Å². The number of carbonyl (C=O) groups excluding carboxylic acids is 1. The molecule has 0 fully saturated rings. The standard InChI is InChI=1S/C13H14N2O3/c1-3-13(2,7-14)12(16)15-9-4-5-10-11(6-9)18-8-17-10/h4-6H,3,8H2,1-2H3,(H,15,16). The minimum atomic E-state index is -1.02. The highest BCUT2D eigenvalue weighted by Gasteiger charge is 2.31. The van der Waals surface area contributed by atoms with Crippen molar-refractivity contribution in [3.05, 3.63) is 18.2 Å². The summed E-state index contributed by atoms with van der Waals surface area (Å²) < 4.78 is 10.4. The van der Waals surface area contributed by atoms with Crippen LogP contribution < -0.4 is 14.8 Å². The zero-order chi connectivity index (χ0) is 13.2. The summed E-state index contributed by atoms with van der Waals surface area (Å²) in [4.78, 5) is 12.0. The predicted octanol–water partition coefficient (Wildman–Crippen LogP) is 2.29. The maximum absolute atomic E-state index is 12.0. The van der Waals surface area contributed by atoms with E-state index < -0.39 is 5.41 Å². The van der Waals surface area contributed by atoms with Crippen LogP contribution in [0.3, 0.4) is 0 Å². The molecule has 1 N–H and O–H groups in total. The van der Waals surface area contributed by atoms with E-state index in [4.69, 9.17) is 14.7 Å². The lowest BCUT2D eigenvalue weighted by Gasteiger charge is -2.18. The molecule has 1 amide bonds. The van der Waals surface area contributed by atoms with E-state index in [1.807, 2.05) is 13.0 Å². The van der Waals surface area contributed by atoms with Crippen LogP contribution in [-0.2, 0) is 4.79 Å². The molecule has 2 rings (SSSR count). The SMILES string of the molecule is CCC(C)(C#N)C(=O)Nc1ccc2c(c1)OCO2. The van der Waals surface area contributed by atoms with Gasteiger partial charge in [-0.1, -0.05) is 6.92 Å². The maximum Gasteiger partial charge on any atom is 0.244 e. The molecule has 0 bridgehead atoms. The van der Waals surface area contributed by atoms with Gasteiger partial charge >= 0.3 is 0 Å². The van der Waals surface area contributed by atoms with Crippen molar-refractivity contribution in [3.63, 3.8) is 0 Å². The molecule has 1 unspecified atom stereocenters. The van der Waals surface area contributed by atoms with Gasteiger partial charge in [0.25, 0.3) is 0 Å². The van der Waals surface area contributed by atoms with Crippen molar-refractivity contribution in [2.45, 2.75) is 20.3 Å². The molecular formula is C13H14N2O3. The van der Waals surface area contributed by atoms with Gasteiger partial charge < -0.3 is 14.8 Å². The number of nitrogens with zero attached hydrogens (tertiary/aromatic N) is 1. The summed E-state index contributed by atoms with van der Waals surface area (Å²) in [6.45, 7) is 3.62. The Hall–Kier alpha value is -2.22. The van der Waals surface area contributed by atoms with Gasteiger partial charge in [0.1, 0.15) is 5.41 Å². The minimum Gasteiger partial charge on any atom is -0.454 e. The van der Waals surface area contributed by atoms with Crippen LogP contribution in [0.1, 0.15) is 20.3 Å². The van der Waals surface area contributed by atoms with Crippen molar-refractivity contribution >= 4 is 11.6 Å². The first kappa shape index (κ1) is 12.2. The van der Waals surface area contributed by atoms with Crippen molar-refractivity contribution in [1.29, 1.82) is 5.26 Å². The van der Waals surface area contributed by atoms with Gasteiger partial charge in [-0.15, -0.1) is 0 Å². The van der Waals surface area contributed by atoms with Crippen LogP contribution in [0, 0.1) is 16.7 Å². The zero-order valence-corrected chi connectivity index (χ0v) is 10.3. The highest BCUT2D eigenvalue weighted by molar-refractivity contribution is 5.97. The predicted molar refractivity (Wildman–Crippen MR) is 65.2 cm³/mol. The monoisotopic (exact) mass is 246 g/mol. The van der Waals surface area contributed by atoms with E-state index in [1.165, 1.54) is 0 Å². The third-order valence-electron chi connectivity index (χ3n) is 3.09. The van der Waals surface area contributed by atoms with Gasteiger partial charge in [-0.25, -0.2) is 0 Å². The molecule has 1 atom stereocenters. The summed E-state index contributed by atoms with van der Waals surface area (Å²) in [5.41, 5.74) is -0.421. The average molecular weight is 246 g/mol. The molecule has 0 saturated heterocycles. The first-order valence-corrected chi connectivity index (χ1v) is 5.71.